The van der Waals surface area contributed by atoms with Crippen molar-refractivity contribution in [3.05, 3.63) is 6.42 Å². The molecule has 0 aromatic carbocycles. The second-order valence-corrected chi connectivity index (χ2v) is 2.40. The normalized spacial score (nSPS) is 8.60. The van der Waals surface area contributed by atoms with E-state index in [1.54, 1.807) is 0 Å². The zero-order valence-electron chi connectivity index (χ0n) is 7.11. The highest BCUT2D eigenvalue weighted by atomic mass is 13.8. The van der Waals surface area contributed by atoms with Gasteiger partial charge in [-0.1, -0.05) is 13.8 Å². The smallest absolute Gasteiger partial charge is 0.00887 e. The fourth-order valence-electron chi connectivity index (χ4n) is 0.696. The Kier molecular flexibility index (Phi) is 8.18. The van der Waals surface area contributed by atoms with Crippen molar-refractivity contribution < 1.29 is 0 Å². The van der Waals surface area contributed by atoms with Crippen molar-refractivity contribution in [3.63, 3.8) is 0 Å². The van der Waals surface area contributed by atoms with E-state index in [2.05, 4.69) is 32.1 Å². The Labute approximate surface area is 65.0 Å². The van der Waals surface area contributed by atoms with Gasteiger partial charge in [-0.05, 0) is 25.7 Å². The molecule has 0 unspecified atom stereocenters. The van der Waals surface area contributed by atoms with Crippen LogP contribution in [-0.2, 0) is 0 Å². The highest BCUT2D eigenvalue weighted by Gasteiger charge is 1.79. The van der Waals surface area contributed by atoms with Crippen LogP contribution in [0.15, 0.2) is 0 Å². The summed E-state index contributed by atoms with van der Waals surface area (Å²) < 4.78 is 0. The molecule has 0 heteroatoms. The van der Waals surface area contributed by atoms with E-state index < -0.39 is 0 Å². The lowest BCUT2D eigenvalue weighted by Gasteiger charge is -1.87. The number of hydrogen-bond acceptors (Lipinski definition) is 0. The molecule has 0 saturated heterocycles. The first kappa shape index (κ1) is 9.56. The summed E-state index contributed by atoms with van der Waals surface area (Å²) in [5.74, 6) is 6.28. The van der Waals surface area contributed by atoms with Gasteiger partial charge < -0.3 is 0 Å². The molecule has 0 nitrogen and oxygen atoms in total. The number of unbranched alkanes of at least 4 members (excludes halogenated alkanes) is 4. The van der Waals surface area contributed by atoms with Crippen LogP contribution in [-0.4, -0.2) is 0 Å². The van der Waals surface area contributed by atoms with Crippen molar-refractivity contribution in [2.24, 2.45) is 0 Å². The molecule has 1 radical (unpaired) electrons. The molecule has 0 aliphatic heterocycles. The van der Waals surface area contributed by atoms with Crippen molar-refractivity contribution in [3.8, 4) is 11.8 Å². The van der Waals surface area contributed by atoms with Crippen LogP contribution in [0.3, 0.4) is 0 Å². The number of rotatable bonds is 4. The van der Waals surface area contributed by atoms with Crippen LogP contribution in [0.4, 0.5) is 0 Å². The van der Waals surface area contributed by atoms with Crippen LogP contribution in [0.2, 0.25) is 0 Å². The Hall–Kier alpha value is -0.440. The fraction of sp³-hybridized carbons (Fsp3) is 0.700. The van der Waals surface area contributed by atoms with E-state index in [1.165, 1.54) is 19.3 Å². The number of hydrogen-bond donors (Lipinski definition) is 0. The third-order valence-electron chi connectivity index (χ3n) is 1.29. The van der Waals surface area contributed by atoms with E-state index in [-0.39, 0.29) is 0 Å². The molecular weight excluding hydrogens is 120 g/mol. The molecule has 0 amide bonds. The first-order valence-electron chi connectivity index (χ1n) is 4.15. The van der Waals surface area contributed by atoms with Crippen LogP contribution < -0.4 is 0 Å². The molecule has 0 heterocycles. The molecule has 0 aliphatic carbocycles. The van der Waals surface area contributed by atoms with Crippen LogP contribution in [0.25, 0.3) is 0 Å². The van der Waals surface area contributed by atoms with E-state index >= 15 is 0 Å². The molecule has 0 aromatic heterocycles. The molecule has 57 valence electrons. The third-order valence-corrected chi connectivity index (χ3v) is 1.29. The first-order chi connectivity index (χ1) is 4.91. The van der Waals surface area contributed by atoms with Gasteiger partial charge in [-0.3, -0.25) is 0 Å². The lowest BCUT2D eigenvalue weighted by Crippen LogP contribution is -1.71. The maximum absolute atomic E-state index is 3.15. The summed E-state index contributed by atoms with van der Waals surface area (Å²) >= 11 is 0. The molecule has 0 aromatic rings. The minimum absolute atomic E-state index is 1.07. The second-order valence-electron chi connectivity index (χ2n) is 2.40. The average molecular weight is 137 g/mol. The van der Waals surface area contributed by atoms with E-state index in [9.17, 15) is 0 Å². The Morgan fingerprint density at radius 3 is 2.50 bits per heavy atom. The van der Waals surface area contributed by atoms with Crippen molar-refractivity contribution in [2.75, 3.05) is 0 Å². The van der Waals surface area contributed by atoms with Crippen molar-refractivity contribution in [1.29, 1.82) is 0 Å². The van der Waals surface area contributed by atoms with Crippen LogP contribution >= 0.6 is 0 Å². The van der Waals surface area contributed by atoms with E-state index in [0.29, 0.717) is 0 Å². The van der Waals surface area contributed by atoms with Gasteiger partial charge in [-0.25, -0.2) is 0 Å². The van der Waals surface area contributed by atoms with Crippen LogP contribution in [0.5, 0.6) is 0 Å². The Morgan fingerprint density at radius 2 is 1.90 bits per heavy atom. The van der Waals surface area contributed by atoms with Gasteiger partial charge in [0.2, 0.25) is 0 Å². The van der Waals surface area contributed by atoms with Crippen LogP contribution in [0, 0.1) is 18.3 Å². The summed E-state index contributed by atoms with van der Waals surface area (Å²) in [4.78, 5) is 0. The SMILES string of the molecule is C[CH]CCCC#CCCC. The molecule has 0 spiro atoms. The van der Waals surface area contributed by atoms with Gasteiger partial charge in [0.05, 0.1) is 0 Å². The van der Waals surface area contributed by atoms with Gasteiger partial charge in [-0.2, -0.15) is 0 Å². The van der Waals surface area contributed by atoms with Gasteiger partial charge in [0.1, 0.15) is 0 Å². The predicted octanol–water partition coefficient (Wildman–Crippen LogP) is 3.18. The van der Waals surface area contributed by atoms with E-state index in [0.717, 1.165) is 12.8 Å². The Morgan fingerprint density at radius 1 is 1.20 bits per heavy atom. The van der Waals surface area contributed by atoms with Gasteiger partial charge >= 0.3 is 0 Å². The maximum atomic E-state index is 3.15. The lowest BCUT2D eigenvalue weighted by atomic mass is 10.2. The van der Waals surface area contributed by atoms with Gasteiger partial charge in [0, 0.05) is 12.8 Å². The zero-order chi connectivity index (χ0) is 7.66. The molecular formula is C10H17. The highest BCUT2D eigenvalue weighted by Crippen LogP contribution is 1.95. The van der Waals surface area contributed by atoms with E-state index in [4.69, 9.17) is 0 Å². The lowest BCUT2D eigenvalue weighted by molar-refractivity contribution is 0.840. The Balaban J connectivity index is 2.96. The zero-order valence-corrected chi connectivity index (χ0v) is 7.11. The fourth-order valence-corrected chi connectivity index (χ4v) is 0.696. The molecule has 0 aliphatic rings. The summed E-state index contributed by atoms with van der Waals surface area (Å²) in [5.41, 5.74) is 0. The molecule has 0 bridgehead atoms. The molecule has 0 fully saturated rings. The maximum Gasteiger partial charge on any atom is 0.00887 e. The largest absolute Gasteiger partial charge is 0.103 e. The molecule has 0 rings (SSSR count). The summed E-state index contributed by atoms with van der Waals surface area (Å²) in [6.07, 6.45) is 7.96. The van der Waals surface area contributed by atoms with Crippen molar-refractivity contribution in [1.82, 2.24) is 0 Å². The summed E-state index contributed by atoms with van der Waals surface area (Å²) in [6, 6.07) is 0. The van der Waals surface area contributed by atoms with Crippen molar-refractivity contribution in [2.45, 2.75) is 46.0 Å². The van der Waals surface area contributed by atoms with Crippen LogP contribution in [0.1, 0.15) is 46.0 Å². The summed E-state index contributed by atoms with van der Waals surface area (Å²) in [7, 11) is 0. The first-order valence-corrected chi connectivity index (χ1v) is 4.15. The monoisotopic (exact) mass is 137 g/mol. The van der Waals surface area contributed by atoms with Crippen molar-refractivity contribution >= 4 is 0 Å². The molecule has 0 saturated carbocycles. The molecule has 0 N–H and O–H groups in total. The quantitative estimate of drug-likeness (QED) is 0.412. The van der Waals surface area contributed by atoms with Gasteiger partial charge in [0.15, 0.2) is 0 Å². The summed E-state index contributed by atoms with van der Waals surface area (Å²) in [6.45, 7) is 4.26. The standard InChI is InChI=1S/C10H17/c1-3-5-7-9-10-8-6-4-2/h3H,4-7,9H2,1-2H3. The van der Waals surface area contributed by atoms with E-state index in [1.807, 2.05) is 0 Å². The van der Waals surface area contributed by atoms with Gasteiger partial charge in [0.25, 0.3) is 0 Å². The summed E-state index contributed by atoms with van der Waals surface area (Å²) in [5, 5.41) is 0. The topological polar surface area (TPSA) is 0 Å². The molecule has 0 atom stereocenters. The Bertz CT molecular complexity index is 103. The minimum atomic E-state index is 1.07. The molecule has 10 heavy (non-hydrogen) atoms. The average Bonchev–Trinajstić information content (AvgIpc) is 1.97. The highest BCUT2D eigenvalue weighted by molar-refractivity contribution is 4.98. The minimum Gasteiger partial charge on any atom is -0.103 e. The predicted molar refractivity (Wildman–Crippen MR) is 46.5 cm³/mol. The third kappa shape index (κ3) is 7.56. The van der Waals surface area contributed by atoms with Gasteiger partial charge in [-0.15, -0.1) is 11.8 Å². The second kappa shape index (κ2) is 8.56.